The number of nitrogens with zero attached hydrogens (tertiary/aromatic N) is 4. The number of imidazole rings is 1. The van der Waals surface area contributed by atoms with E-state index in [0.717, 1.165) is 5.56 Å². The first-order valence-corrected chi connectivity index (χ1v) is 10.2. The van der Waals surface area contributed by atoms with Gasteiger partial charge < -0.3 is 25.6 Å². The van der Waals surface area contributed by atoms with E-state index < -0.39 is 23.7 Å². The van der Waals surface area contributed by atoms with Crippen molar-refractivity contribution in [3.63, 3.8) is 0 Å². The standard InChI is InChI=1S/C19H21N5O3S/c20-16-12-17(23-18(22-16)28-7-10-4-2-1-3-5-10)24(9-21-12)13-11-6-19(11,8-25)15(27)14(13)26/h1-5,9,11,13-15,25-27H,6-8H2,(H2,20,22,23)/t11-,13-,14?,15-,19+/m1/s1. The number of aromatic nitrogens is 4. The molecule has 2 saturated carbocycles. The van der Waals surface area contributed by atoms with Crippen molar-refractivity contribution in [2.75, 3.05) is 12.3 Å². The average Bonchev–Trinajstić information content (AvgIpc) is 3.23. The third-order valence-electron chi connectivity index (χ3n) is 6.11. The van der Waals surface area contributed by atoms with Gasteiger partial charge in [-0.3, -0.25) is 0 Å². The lowest BCUT2D eigenvalue weighted by molar-refractivity contribution is -0.0300. The van der Waals surface area contributed by atoms with Crippen LogP contribution in [0.25, 0.3) is 11.2 Å². The quantitative estimate of drug-likeness (QED) is 0.369. The molecule has 5 atom stereocenters. The van der Waals surface area contributed by atoms with Crippen LogP contribution in [0.3, 0.4) is 0 Å². The number of aliphatic hydroxyl groups excluding tert-OH is 3. The van der Waals surface area contributed by atoms with Crippen LogP contribution in [0.2, 0.25) is 0 Å². The van der Waals surface area contributed by atoms with Gasteiger partial charge in [-0.2, -0.15) is 0 Å². The Balaban J connectivity index is 1.49. The summed E-state index contributed by atoms with van der Waals surface area (Å²) in [5.74, 6) is 0.981. The van der Waals surface area contributed by atoms with Crippen molar-refractivity contribution in [2.24, 2.45) is 11.3 Å². The molecule has 2 fully saturated rings. The monoisotopic (exact) mass is 399 g/mol. The van der Waals surface area contributed by atoms with Gasteiger partial charge in [0.1, 0.15) is 11.6 Å². The highest BCUT2D eigenvalue weighted by atomic mass is 32.2. The maximum absolute atomic E-state index is 10.6. The lowest BCUT2D eigenvalue weighted by Gasteiger charge is -2.23. The molecule has 2 aromatic heterocycles. The Morgan fingerprint density at radius 3 is 2.71 bits per heavy atom. The number of hydrogen-bond acceptors (Lipinski definition) is 8. The molecule has 3 aromatic rings. The van der Waals surface area contributed by atoms with Crippen molar-refractivity contribution in [1.29, 1.82) is 0 Å². The Bertz CT molecular complexity index is 1030. The molecule has 0 radical (unpaired) electrons. The molecule has 1 aromatic carbocycles. The maximum atomic E-state index is 10.6. The summed E-state index contributed by atoms with van der Waals surface area (Å²) >= 11 is 1.48. The van der Waals surface area contributed by atoms with Gasteiger partial charge in [-0.25, -0.2) is 15.0 Å². The van der Waals surface area contributed by atoms with E-state index in [1.807, 2.05) is 30.3 Å². The van der Waals surface area contributed by atoms with Crippen LogP contribution in [0.5, 0.6) is 0 Å². The molecular formula is C19H21N5O3S. The largest absolute Gasteiger partial charge is 0.396 e. The minimum atomic E-state index is -0.986. The fourth-order valence-corrected chi connectivity index (χ4v) is 5.27. The normalized spacial score (nSPS) is 31.2. The zero-order valence-corrected chi connectivity index (χ0v) is 15.8. The molecule has 2 heterocycles. The first-order valence-electron chi connectivity index (χ1n) is 9.19. The third-order valence-corrected chi connectivity index (χ3v) is 7.03. The van der Waals surface area contributed by atoms with Gasteiger partial charge in [-0.15, -0.1) is 0 Å². The van der Waals surface area contributed by atoms with Crippen molar-refractivity contribution in [2.45, 2.75) is 35.6 Å². The number of anilines is 1. The van der Waals surface area contributed by atoms with Gasteiger partial charge in [0.2, 0.25) is 0 Å². The van der Waals surface area contributed by atoms with Crippen LogP contribution in [-0.2, 0) is 5.75 Å². The summed E-state index contributed by atoms with van der Waals surface area (Å²) in [6.07, 6.45) is 0.312. The van der Waals surface area contributed by atoms with Crippen molar-refractivity contribution >= 4 is 28.7 Å². The van der Waals surface area contributed by atoms with Crippen LogP contribution in [0, 0.1) is 11.3 Å². The van der Waals surface area contributed by atoms with Crippen molar-refractivity contribution < 1.29 is 15.3 Å². The number of rotatable bonds is 5. The molecular weight excluding hydrogens is 378 g/mol. The molecule has 2 aliphatic rings. The molecule has 2 aliphatic carbocycles. The summed E-state index contributed by atoms with van der Waals surface area (Å²) in [7, 11) is 0. The van der Waals surface area contributed by atoms with Crippen LogP contribution in [0.1, 0.15) is 18.0 Å². The Hall–Kier alpha value is -2.20. The van der Waals surface area contributed by atoms with E-state index in [4.69, 9.17) is 5.73 Å². The van der Waals surface area contributed by atoms with Crippen LogP contribution in [0.15, 0.2) is 41.8 Å². The van der Waals surface area contributed by atoms with Gasteiger partial charge in [0.25, 0.3) is 0 Å². The van der Waals surface area contributed by atoms with E-state index in [-0.39, 0.29) is 18.3 Å². The number of fused-ring (bicyclic) bond motifs is 2. The predicted molar refractivity (Wildman–Crippen MR) is 104 cm³/mol. The topological polar surface area (TPSA) is 130 Å². The number of nitrogens with two attached hydrogens (primary N) is 1. The van der Waals surface area contributed by atoms with E-state index in [0.29, 0.717) is 28.5 Å². The molecule has 0 bridgehead atoms. The molecule has 0 aliphatic heterocycles. The molecule has 0 amide bonds. The Morgan fingerprint density at radius 2 is 2.00 bits per heavy atom. The zero-order chi connectivity index (χ0) is 19.5. The van der Waals surface area contributed by atoms with Crippen molar-refractivity contribution in [3.05, 3.63) is 42.2 Å². The minimum Gasteiger partial charge on any atom is -0.396 e. The highest BCUT2D eigenvalue weighted by Crippen LogP contribution is 2.67. The Labute approximate surface area is 165 Å². The number of nitrogen functional groups attached to an aromatic ring is 1. The summed E-state index contributed by atoms with van der Waals surface area (Å²) < 4.78 is 1.78. The van der Waals surface area contributed by atoms with Crippen molar-refractivity contribution in [1.82, 2.24) is 19.5 Å². The third kappa shape index (κ3) is 2.54. The van der Waals surface area contributed by atoms with E-state index >= 15 is 0 Å². The van der Waals surface area contributed by atoms with Crippen LogP contribution < -0.4 is 5.73 Å². The van der Waals surface area contributed by atoms with Gasteiger partial charge in [0, 0.05) is 11.2 Å². The first kappa shape index (κ1) is 17.9. The molecule has 0 saturated heterocycles. The predicted octanol–water partition coefficient (Wildman–Crippen LogP) is 0.976. The Kier molecular flexibility index (Phi) is 4.09. The summed E-state index contributed by atoms with van der Waals surface area (Å²) in [4.78, 5) is 13.3. The number of thioether (sulfide) groups is 1. The Morgan fingerprint density at radius 1 is 1.21 bits per heavy atom. The van der Waals surface area contributed by atoms with Crippen LogP contribution >= 0.6 is 11.8 Å². The van der Waals surface area contributed by atoms with Gasteiger partial charge in [-0.1, -0.05) is 42.1 Å². The van der Waals surface area contributed by atoms with Gasteiger partial charge in [0.15, 0.2) is 16.6 Å². The second-order valence-corrected chi connectivity index (χ2v) is 8.56. The van der Waals surface area contributed by atoms with E-state index in [2.05, 4.69) is 15.0 Å². The number of aliphatic hydroxyl groups is 3. The zero-order valence-electron chi connectivity index (χ0n) is 15.0. The molecule has 5 rings (SSSR count). The molecule has 146 valence electrons. The van der Waals surface area contributed by atoms with Crippen LogP contribution in [0.4, 0.5) is 5.82 Å². The summed E-state index contributed by atoms with van der Waals surface area (Å²) in [5, 5.41) is 31.2. The van der Waals surface area contributed by atoms with E-state index in [9.17, 15) is 15.3 Å². The first-order chi connectivity index (χ1) is 13.5. The van der Waals surface area contributed by atoms with Gasteiger partial charge in [-0.05, 0) is 17.9 Å². The minimum absolute atomic E-state index is 0.0171. The summed E-state index contributed by atoms with van der Waals surface area (Å²) in [6.45, 7) is -0.145. The molecule has 5 N–H and O–H groups in total. The number of hydrogen-bond donors (Lipinski definition) is 4. The fourth-order valence-electron chi connectivity index (χ4n) is 4.47. The highest BCUT2D eigenvalue weighted by Gasteiger charge is 2.71. The van der Waals surface area contributed by atoms with E-state index in [1.54, 1.807) is 10.9 Å². The molecule has 28 heavy (non-hydrogen) atoms. The second-order valence-electron chi connectivity index (χ2n) is 7.62. The summed E-state index contributed by atoms with van der Waals surface area (Å²) in [5.41, 5.74) is 7.66. The summed E-state index contributed by atoms with van der Waals surface area (Å²) in [6, 6.07) is 9.62. The lowest BCUT2D eigenvalue weighted by Crippen LogP contribution is -2.35. The van der Waals surface area contributed by atoms with Crippen LogP contribution in [-0.4, -0.2) is 53.7 Å². The van der Waals surface area contributed by atoms with Crippen molar-refractivity contribution in [3.8, 4) is 0 Å². The highest BCUT2D eigenvalue weighted by molar-refractivity contribution is 7.98. The second kappa shape index (κ2) is 6.41. The smallest absolute Gasteiger partial charge is 0.191 e. The SMILES string of the molecule is Nc1nc(SCc2ccccc2)nc2c1ncn2[C@H]1C(O)[C@@H](O)[C@]2(CO)C[C@H]12. The molecule has 0 spiro atoms. The molecule has 1 unspecified atom stereocenters. The van der Waals surface area contributed by atoms with E-state index in [1.165, 1.54) is 11.8 Å². The fraction of sp³-hybridized carbons (Fsp3) is 0.421. The molecule has 8 nitrogen and oxygen atoms in total. The average molecular weight is 399 g/mol. The molecule has 9 heteroatoms. The lowest BCUT2D eigenvalue weighted by atomic mass is 10.0. The maximum Gasteiger partial charge on any atom is 0.191 e. The van der Waals surface area contributed by atoms with Gasteiger partial charge in [0.05, 0.1) is 25.1 Å². The van der Waals surface area contributed by atoms with Gasteiger partial charge >= 0.3 is 0 Å². The number of benzene rings is 1.